The Morgan fingerprint density at radius 2 is 2.05 bits per heavy atom. The van der Waals surface area contributed by atoms with Crippen LogP contribution in [0, 0.1) is 5.92 Å². The molecule has 0 unspecified atom stereocenters. The summed E-state index contributed by atoms with van der Waals surface area (Å²) in [6.45, 7) is 6.63. The summed E-state index contributed by atoms with van der Waals surface area (Å²) in [6, 6.07) is 5.34. The summed E-state index contributed by atoms with van der Waals surface area (Å²) in [5.74, 6) is -0.0109. The van der Waals surface area contributed by atoms with E-state index in [0.717, 1.165) is 11.3 Å². The van der Waals surface area contributed by atoms with Crippen LogP contribution >= 0.6 is 11.6 Å². The molecule has 1 aromatic rings. The van der Waals surface area contributed by atoms with Crippen molar-refractivity contribution in [3.8, 4) is 0 Å². The van der Waals surface area contributed by atoms with E-state index in [4.69, 9.17) is 17.3 Å². The molecule has 0 aliphatic rings. The molecule has 0 radical (unpaired) electrons. The predicted molar refractivity (Wildman–Crippen MR) is 78.3 cm³/mol. The number of amides is 1. The van der Waals surface area contributed by atoms with Crippen LogP contribution in [-0.2, 0) is 4.79 Å². The fraction of sp³-hybridized carbons (Fsp3) is 0.500. The van der Waals surface area contributed by atoms with Crippen molar-refractivity contribution in [3.05, 3.63) is 28.8 Å². The normalized spacial score (nSPS) is 12.5. The lowest BCUT2D eigenvalue weighted by Crippen LogP contribution is -2.36. The van der Waals surface area contributed by atoms with Crippen molar-refractivity contribution in [1.29, 1.82) is 0 Å². The first kappa shape index (κ1) is 15.8. The van der Waals surface area contributed by atoms with Crippen molar-refractivity contribution < 1.29 is 9.90 Å². The Labute approximate surface area is 119 Å². The molecule has 1 atom stereocenters. The summed E-state index contributed by atoms with van der Waals surface area (Å²) in [7, 11) is 0. The molecule has 1 aromatic carbocycles. The molecule has 0 aromatic heterocycles. The average Bonchev–Trinajstić information content (AvgIpc) is 2.26. The minimum atomic E-state index is -0.568. The molecule has 0 saturated carbocycles. The zero-order valence-electron chi connectivity index (χ0n) is 11.6. The molecule has 3 N–H and O–H groups in total. The zero-order valence-corrected chi connectivity index (χ0v) is 12.3. The van der Waals surface area contributed by atoms with Crippen molar-refractivity contribution >= 4 is 23.2 Å². The molecule has 0 bridgehead atoms. The predicted octanol–water partition coefficient (Wildman–Crippen LogP) is 2.34. The lowest BCUT2D eigenvalue weighted by atomic mass is 10.1. The minimum Gasteiger partial charge on any atom is -0.389 e. The monoisotopic (exact) mass is 284 g/mol. The fourth-order valence-corrected chi connectivity index (χ4v) is 2.22. The molecule has 19 heavy (non-hydrogen) atoms. The highest BCUT2D eigenvalue weighted by Gasteiger charge is 2.15. The van der Waals surface area contributed by atoms with E-state index >= 15 is 0 Å². The lowest BCUT2D eigenvalue weighted by Gasteiger charge is -2.26. The van der Waals surface area contributed by atoms with Crippen molar-refractivity contribution in [2.45, 2.75) is 26.9 Å². The third-order valence-electron chi connectivity index (χ3n) is 2.73. The van der Waals surface area contributed by atoms with Crippen LogP contribution in [0.5, 0.6) is 0 Å². The number of benzene rings is 1. The summed E-state index contributed by atoms with van der Waals surface area (Å²) in [6.07, 6.45) is -0.568. The summed E-state index contributed by atoms with van der Waals surface area (Å²) in [5, 5.41) is 10.0. The van der Waals surface area contributed by atoms with Crippen LogP contribution in [0.1, 0.15) is 32.4 Å². The van der Waals surface area contributed by atoms with Gasteiger partial charge < -0.3 is 15.7 Å². The number of nitrogens with two attached hydrogens (primary N) is 1. The van der Waals surface area contributed by atoms with Gasteiger partial charge in [-0.05, 0) is 30.5 Å². The number of aliphatic hydroxyl groups excluding tert-OH is 1. The van der Waals surface area contributed by atoms with Gasteiger partial charge in [0.2, 0.25) is 5.91 Å². The van der Waals surface area contributed by atoms with E-state index < -0.39 is 12.0 Å². The van der Waals surface area contributed by atoms with E-state index in [9.17, 15) is 9.90 Å². The first-order chi connectivity index (χ1) is 8.81. The molecular weight excluding hydrogens is 264 g/mol. The van der Waals surface area contributed by atoms with Crippen molar-refractivity contribution in [2.75, 3.05) is 18.0 Å². The highest BCUT2D eigenvalue weighted by atomic mass is 35.5. The Kier molecular flexibility index (Phi) is 5.63. The van der Waals surface area contributed by atoms with E-state index in [-0.39, 0.29) is 6.54 Å². The molecule has 5 heteroatoms. The number of halogens is 1. The molecule has 0 heterocycles. The topological polar surface area (TPSA) is 66.6 Å². The highest BCUT2D eigenvalue weighted by Crippen LogP contribution is 2.29. The van der Waals surface area contributed by atoms with Crippen LogP contribution < -0.4 is 10.6 Å². The molecule has 106 valence electrons. The summed E-state index contributed by atoms with van der Waals surface area (Å²) in [5.41, 5.74) is 6.78. The molecule has 4 nitrogen and oxygen atoms in total. The van der Waals surface area contributed by atoms with Gasteiger partial charge in [0.25, 0.3) is 0 Å². The number of hydrogen-bond donors (Lipinski definition) is 2. The van der Waals surface area contributed by atoms with Gasteiger partial charge in [0.15, 0.2) is 0 Å². The van der Waals surface area contributed by atoms with Crippen LogP contribution in [-0.4, -0.2) is 24.1 Å². The maximum atomic E-state index is 11.1. The van der Waals surface area contributed by atoms with Crippen LogP contribution in [0.15, 0.2) is 18.2 Å². The van der Waals surface area contributed by atoms with Crippen LogP contribution in [0.3, 0.4) is 0 Å². The third-order valence-corrected chi connectivity index (χ3v) is 3.03. The number of aliphatic hydroxyl groups is 1. The molecule has 0 aliphatic carbocycles. The van der Waals surface area contributed by atoms with E-state index in [1.165, 1.54) is 0 Å². The second-order valence-corrected chi connectivity index (χ2v) is 5.53. The fourth-order valence-electron chi connectivity index (χ4n) is 1.92. The smallest absolute Gasteiger partial charge is 0.236 e. The van der Waals surface area contributed by atoms with E-state index in [2.05, 4.69) is 13.8 Å². The summed E-state index contributed by atoms with van der Waals surface area (Å²) >= 11 is 6.23. The van der Waals surface area contributed by atoms with Gasteiger partial charge in [0.05, 0.1) is 23.4 Å². The Hall–Kier alpha value is -1.26. The average molecular weight is 285 g/mol. The summed E-state index contributed by atoms with van der Waals surface area (Å²) in [4.78, 5) is 13.0. The highest BCUT2D eigenvalue weighted by molar-refractivity contribution is 6.33. The molecule has 0 saturated heterocycles. The standard InChI is InChI=1S/C14H21ClN2O2/c1-9(2)7-17(8-14(16)19)13-5-4-11(10(3)18)6-12(13)15/h4-6,9-10,18H,7-8H2,1-3H3,(H2,16,19)/t10-/m1/s1. The summed E-state index contributed by atoms with van der Waals surface area (Å²) < 4.78 is 0. The maximum absolute atomic E-state index is 11.1. The number of rotatable bonds is 6. The van der Waals surface area contributed by atoms with E-state index in [0.29, 0.717) is 17.5 Å². The molecule has 0 spiro atoms. The Morgan fingerprint density at radius 3 is 2.47 bits per heavy atom. The number of nitrogens with zero attached hydrogens (tertiary/aromatic N) is 1. The first-order valence-electron chi connectivity index (χ1n) is 6.32. The van der Waals surface area contributed by atoms with Gasteiger partial charge in [-0.15, -0.1) is 0 Å². The van der Waals surface area contributed by atoms with Crippen LogP contribution in [0.4, 0.5) is 5.69 Å². The number of carbonyl (C=O) groups excluding carboxylic acids is 1. The number of primary amides is 1. The number of anilines is 1. The second-order valence-electron chi connectivity index (χ2n) is 5.13. The van der Waals surface area contributed by atoms with E-state index in [1.807, 2.05) is 11.0 Å². The van der Waals surface area contributed by atoms with Gasteiger partial charge in [-0.3, -0.25) is 4.79 Å². The second kappa shape index (κ2) is 6.78. The number of carbonyl (C=O) groups is 1. The first-order valence-corrected chi connectivity index (χ1v) is 6.69. The minimum absolute atomic E-state index is 0.131. The Balaban J connectivity index is 3.04. The SMILES string of the molecule is CC(C)CN(CC(N)=O)c1ccc([C@@H](C)O)cc1Cl. The van der Waals surface area contributed by atoms with E-state index in [1.54, 1.807) is 19.1 Å². The van der Waals surface area contributed by atoms with Crippen molar-refractivity contribution in [3.63, 3.8) is 0 Å². The Morgan fingerprint density at radius 1 is 1.42 bits per heavy atom. The quantitative estimate of drug-likeness (QED) is 0.843. The third kappa shape index (κ3) is 4.73. The van der Waals surface area contributed by atoms with Gasteiger partial charge in [0, 0.05) is 6.54 Å². The van der Waals surface area contributed by atoms with Gasteiger partial charge in [0.1, 0.15) is 0 Å². The maximum Gasteiger partial charge on any atom is 0.236 e. The molecule has 0 aliphatic heterocycles. The molecule has 1 amide bonds. The zero-order chi connectivity index (χ0) is 14.6. The lowest BCUT2D eigenvalue weighted by molar-refractivity contribution is -0.116. The largest absolute Gasteiger partial charge is 0.389 e. The molecule has 0 fully saturated rings. The van der Waals surface area contributed by atoms with Gasteiger partial charge in [-0.1, -0.05) is 31.5 Å². The number of hydrogen-bond acceptors (Lipinski definition) is 3. The van der Waals surface area contributed by atoms with Crippen LogP contribution in [0.2, 0.25) is 5.02 Å². The molecular formula is C14H21ClN2O2. The van der Waals surface area contributed by atoms with Gasteiger partial charge in [-0.2, -0.15) is 0 Å². The van der Waals surface area contributed by atoms with Crippen molar-refractivity contribution in [1.82, 2.24) is 0 Å². The van der Waals surface area contributed by atoms with Gasteiger partial charge in [-0.25, -0.2) is 0 Å². The van der Waals surface area contributed by atoms with Gasteiger partial charge >= 0.3 is 0 Å². The molecule has 1 rings (SSSR count). The Bertz CT molecular complexity index is 447. The van der Waals surface area contributed by atoms with Crippen LogP contribution in [0.25, 0.3) is 0 Å². The van der Waals surface area contributed by atoms with Crippen molar-refractivity contribution in [2.24, 2.45) is 11.7 Å².